The highest BCUT2D eigenvalue weighted by Gasteiger charge is 2.16. The Balaban J connectivity index is 2.53. The highest BCUT2D eigenvalue weighted by Crippen LogP contribution is 2.21. The Hall–Kier alpha value is -1.99. The van der Waals surface area contributed by atoms with Crippen molar-refractivity contribution >= 4 is 17.3 Å². The molecule has 1 heterocycles. The maximum atomic E-state index is 13.7. The molecule has 1 N–H and O–H groups in total. The smallest absolute Gasteiger partial charge is 0.292 e. The molecule has 0 radical (unpaired) electrons. The first kappa shape index (κ1) is 15.4. The van der Waals surface area contributed by atoms with Gasteiger partial charge >= 0.3 is 0 Å². The number of rotatable bonds is 4. The lowest BCUT2D eigenvalue weighted by atomic mass is 10.3. The van der Waals surface area contributed by atoms with Gasteiger partial charge in [-0.3, -0.25) is 4.79 Å². The minimum absolute atomic E-state index is 0.123. The van der Waals surface area contributed by atoms with Crippen LogP contribution in [0, 0.1) is 11.6 Å². The van der Waals surface area contributed by atoms with Gasteiger partial charge in [-0.05, 0) is 12.1 Å². The van der Waals surface area contributed by atoms with Gasteiger partial charge in [-0.1, -0.05) is 11.6 Å². The van der Waals surface area contributed by atoms with Crippen molar-refractivity contribution in [2.75, 3.05) is 25.1 Å². The number of nitrogens with zero attached hydrogens (tertiary/aromatic N) is 3. The molecule has 2 aromatic rings. The molecule has 0 bridgehead atoms. The molecule has 0 aliphatic carbocycles. The number of likely N-dealkylation sites (N-methyl/N-ethyl adjacent to an activating group) is 1. The van der Waals surface area contributed by atoms with Crippen LogP contribution in [0.3, 0.4) is 0 Å². The molecule has 0 atom stereocenters. The standard InChI is InChI=1S/C13H12ClF2N3O2/c1-18(4-5-20)11-7-17-19(13(21)12(11)14)10-3-2-8(15)6-9(10)16/h2-3,6-7,20H,4-5H2,1H3. The lowest BCUT2D eigenvalue weighted by Gasteiger charge is -2.19. The normalized spacial score (nSPS) is 10.7. The summed E-state index contributed by atoms with van der Waals surface area (Å²) in [5.74, 6) is -1.67. The number of halogens is 3. The van der Waals surface area contributed by atoms with E-state index in [9.17, 15) is 13.6 Å². The first-order valence-corrected chi connectivity index (χ1v) is 6.38. The van der Waals surface area contributed by atoms with Gasteiger partial charge in [0.05, 0.1) is 18.5 Å². The van der Waals surface area contributed by atoms with E-state index in [2.05, 4.69) is 5.10 Å². The third kappa shape index (κ3) is 3.03. The van der Waals surface area contributed by atoms with Crippen LogP contribution in [0.2, 0.25) is 5.02 Å². The van der Waals surface area contributed by atoms with E-state index in [4.69, 9.17) is 16.7 Å². The predicted molar refractivity (Wildman–Crippen MR) is 75.1 cm³/mol. The highest BCUT2D eigenvalue weighted by atomic mass is 35.5. The number of aliphatic hydroxyl groups is 1. The summed E-state index contributed by atoms with van der Waals surface area (Å²) in [5.41, 5.74) is -0.612. The number of benzene rings is 1. The summed E-state index contributed by atoms with van der Waals surface area (Å²) in [7, 11) is 1.63. The van der Waals surface area contributed by atoms with E-state index in [1.165, 1.54) is 6.20 Å². The van der Waals surface area contributed by atoms with Gasteiger partial charge in [0, 0.05) is 19.7 Å². The van der Waals surface area contributed by atoms with Gasteiger partial charge < -0.3 is 10.0 Å². The van der Waals surface area contributed by atoms with Gasteiger partial charge in [-0.25, -0.2) is 8.78 Å². The van der Waals surface area contributed by atoms with Crippen LogP contribution in [0.15, 0.2) is 29.2 Å². The third-order valence-corrected chi connectivity index (χ3v) is 3.24. The molecule has 0 aliphatic heterocycles. The average molecular weight is 316 g/mol. The quantitative estimate of drug-likeness (QED) is 0.931. The Bertz CT molecular complexity index is 721. The molecule has 0 spiro atoms. The van der Waals surface area contributed by atoms with Gasteiger partial charge in [0.15, 0.2) is 5.82 Å². The maximum absolute atomic E-state index is 13.7. The van der Waals surface area contributed by atoms with Crippen molar-refractivity contribution in [3.05, 3.63) is 51.4 Å². The zero-order chi connectivity index (χ0) is 15.6. The minimum Gasteiger partial charge on any atom is -0.395 e. The van der Waals surface area contributed by atoms with Crippen molar-refractivity contribution in [3.8, 4) is 5.69 Å². The van der Waals surface area contributed by atoms with Crippen LogP contribution in [-0.4, -0.2) is 35.1 Å². The summed E-state index contributed by atoms with van der Waals surface area (Å²) >= 11 is 5.97. The van der Waals surface area contributed by atoms with Crippen LogP contribution in [0.25, 0.3) is 5.69 Å². The first-order valence-electron chi connectivity index (χ1n) is 6.01. The largest absolute Gasteiger partial charge is 0.395 e. The molecule has 2 rings (SSSR count). The lowest BCUT2D eigenvalue weighted by molar-refractivity contribution is 0.304. The molecule has 5 nitrogen and oxygen atoms in total. The van der Waals surface area contributed by atoms with Gasteiger partial charge in [-0.2, -0.15) is 9.78 Å². The summed E-state index contributed by atoms with van der Waals surface area (Å²) < 4.78 is 27.4. The van der Waals surface area contributed by atoms with Gasteiger partial charge in [0.2, 0.25) is 0 Å². The molecule has 0 unspecified atom stereocenters. The molecule has 0 amide bonds. The Morgan fingerprint density at radius 1 is 1.43 bits per heavy atom. The molecule has 112 valence electrons. The molecular weight excluding hydrogens is 304 g/mol. The molecule has 1 aromatic heterocycles. The van der Waals surface area contributed by atoms with Crippen molar-refractivity contribution in [2.24, 2.45) is 0 Å². The summed E-state index contributed by atoms with van der Waals surface area (Å²) in [6.07, 6.45) is 1.28. The molecule has 0 saturated heterocycles. The fourth-order valence-corrected chi connectivity index (χ4v) is 2.06. The molecule has 8 heteroatoms. The Kier molecular flexibility index (Phi) is 4.54. The van der Waals surface area contributed by atoms with Crippen LogP contribution in [0.1, 0.15) is 0 Å². The average Bonchev–Trinajstić information content (AvgIpc) is 2.43. The molecule has 21 heavy (non-hydrogen) atoms. The number of hydrogen-bond acceptors (Lipinski definition) is 4. The van der Waals surface area contributed by atoms with E-state index in [1.54, 1.807) is 11.9 Å². The fraction of sp³-hybridized carbons (Fsp3) is 0.231. The minimum atomic E-state index is -0.919. The Labute approximate surface area is 124 Å². The van der Waals surface area contributed by atoms with Gasteiger partial charge in [0.1, 0.15) is 16.5 Å². The van der Waals surface area contributed by atoms with Gasteiger partial charge in [-0.15, -0.1) is 0 Å². The van der Waals surface area contributed by atoms with Crippen LogP contribution < -0.4 is 10.5 Å². The Morgan fingerprint density at radius 2 is 2.14 bits per heavy atom. The summed E-state index contributed by atoms with van der Waals surface area (Å²) in [4.78, 5) is 13.7. The second kappa shape index (κ2) is 6.19. The number of anilines is 1. The van der Waals surface area contributed by atoms with Crippen LogP contribution >= 0.6 is 11.6 Å². The fourth-order valence-electron chi connectivity index (χ4n) is 1.79. The maximum Gasteiger partial charge on any atom is 0.292 e. The van der Waals surface area contributed by atoms with Crippen molar-refractivity contribution in [3.63, 3.8) is 0 Å². The van der Waals surface area contributed by atoms with Crippen molar-refractivity contribution < 1.29 is 13.9 Å². The zero-order valence-electron chi connectivity index (χ0n) is 11.1. The van der Waals surface area contributed by atoms with Crippen molar-refractivity contribution in [1.29, 1.82) is 0 Å². The first-order chi connectivity index (χ1) is 9.95. The van der Waals surface area contributed by atoms with E-state index in [0.717, 1.165) is 16.8 Å². The summed E-state index contributed by atoms with van der Waals surface area (Å²) in [6, 6.07) is 2.78. The van der Waals surface area contributed by atoms with E-state index in [1.807, 2.05) is 0 Å². The molecular formula is C13H12ClF2N3O2. The molecule has 0 fully saturated rings. The van der Waals surface area contributed by atoms with Crippen LogP contribution in [0.4, 0.5) is 14.5 Å². The van der Waals surface area contributed by atoms with Crippen molar-refractivity contribution in [2.45, 2.75) is 0 Å². The second-order valence-electron chi connectivity index (χ2n) is 4.30. The monoisotopic (exact) mass is 315 g/mol. The van der Waals surface area contributed by atoms with E-state index in [-0.39, 0.29) is 23.9 Å². The van der Waals surface area contributed by atoms with Crippen LogP contribution in [0.5, 0.6) is 0 Å². The molecule has 0 saturated carbocycles. The van der Waals surface area contributed by atoms with Crippen molar-refractivity contribution in [1.82, 2.24) is 9.78 Å². The number of aromatic nitrogens is 2. The zero-order valence-corrected chi connectivity index (χ0v) is 11.8. The lowest BCUT2D eigenvalue weighted by Crippen LogP contribution is -2.28. The SMILES string of the molecule is CN(CCO)c1cnn(-c2ccc(F)cc2F)c(=O)c1Cl. The molecule has 0 aliphatic rings. The van der Waals surface area contributed by atoms with Gasteiger partial charge in [0.25, 0.3) is 5.56 Å². The second-order valence-corrected chi connectivity index (χ2v) is 4.68. The predicted octanol–water partition coefficient (Wildman–Crippen LogP) is 1.59. The molecule has 1 aromatic carbocycles. The van der Waals surface area contributed by atoms with E-state index < -0.39 is 17.2 Å². The van der Waals surface area contributed by atoms with Crippen LogP contribution in [-0.2, 0) is 0 Å². The Morgan fingerprint density at radius 3 is 2.76 bits per heavy atom. The summed E-state index contributed by atoms with van der Waals surface area (Å²) in [5, 5.41) is 12.6. The van der Waals surface area contributed by atoms with E-state index >= 15 is 0 Å². The highest BCUT2D eigenvalue weighted by molar-refractivity contribution is 6.33. The topological polar surface area (TPSA) is 58.4 Å². The summed E-state index contributed by atoms with van der Waals surface area (Å²) in [6.45, 7) is 0.137. The third-order valence-electron chi connectivity index (χ3n) is 2.89. The number of hydrogen-bond donors (Lipinski definition) is 1. The number of aliphatic hydroxyl groups excluding tert-OH is 1. The van der Waals surface area contributed by atoms with E-state index in [0.29, 0.717) is 11.8 Å².